The van der Waals surface area contributed by atoms with Gasteiger partial charge in [-0.1, -0.05) is 13.5 Å². The summed E-state index contributed by atoms with van der Waals surface area (Å²) in [6.45, 7) is 2.19. The zero-order valence-electron chi connectivity index (χ0n) is 11.8. The summed E-state index contributed by atoms with van der Waals surface area (Å²) in [7, 11) is 3.22. The third-order valence-electron chi connectivity index (χ3n) is 3.06. The number of rotatable bonds is 5. The van der Waals surface area contributed by atoms with Crippen LogP contribution in [0.1, 0.15) is 18.6 Å². The lowest BCUT2D eigenvalue weighted by Crippen LogP contribution is -1.98. The van der Waals surface area contributed by atoms with E-state index >= 15 is 0 Å². The normalized spacial score (nSPS) is 9.67. The van der Waals surface area contributed by atoms with Crippen molar-refractivity contribution >= 4 is 0 Å². The fraction of sp³-hybridized carbons (Fsp3) is 0.294. The van der Waals surface area contributed by atoms with Crippen LogP contribution in [-0.4, -0.2) is 19.3 Å². The van der Waals surface area contributed by atoms with Gasteiger partial charge in [0.15, 0.2) is 0 Å². The van der Waals surface area contributed by atoms with E-state index in [-0.39, 0.29) is 13.2 Å². The number of aromatic hydroxyl groups is 1. The van der Waals surface area contributed by atoms with Crippen LogP contribution in [0, 0.1) is 6.92 Å². The Hall–Kier alpha value is -2.36. The summed E-state index contributed by atoms with van der Waals surface area (Å²) in [5.41, 5.74) is 1.66. The second-order valence-electron chi connectivity index (χ2n) is 4.41. The van der Waals surface area contributed by atoms with Crippen LogP contribution >= 0.6 is 0 Å². The van der Waals surface area contributed by atoms with Crippen LogP contribution in [0.3, 0.4) is 0 Å². The molecule has 0 amide bonds. The van der Waals surface area contributed by atoms with Gasteiger partial charge in [-0.3, -0.25) is 0 Å². The molecule has 2 aromatic carbocycles. The van der Waals surface area contributed by atoms with Gasteiger partial charge < -0.3 is 19.3 Å². The molecule has 0 saturated carbocycles. The monoisotopic (exact) mass is 290 g/mol. The summed E-state index contributed by atoms with van der Waals surface area (Å²) in [5, 5.41) is 9.64. The van der Waals surface area contributed by atoms with Crippen molar-refractivity contribution in [3.05, 3.63) is 47.5 Å². The van der Waals surface area contributed by atoms with E-state index in [1.54, 1.807) is 26.4 Å². The van der Waals surface area contributed by atoms with Crippen molar-refractivity contribution in [1.29, 1.82) is 0 Å². The molecule has 0 atom stereocenters. The predicted molar refractivity (Wildman–Crippen MR) is 83.5 cm³/mol. The number of hydrogen-bond acceptors (Lipinski definition) is 4. The zero-order valence-corrected chi connectivity index (χ0v) is 11.8. The van der Waals surface area contributed by atoms with Crippen molar-refractivity contribution in [2.45, 2.75) is 21.0 Å². The quantitative estimate of drug-likeness (QED) is 0.906. The molecule has 0 unspecified atom stereocenters. The molecule has 21 heavy (non-hydrogen) atoms. The zero-order chi connectivity index (χ0) is 14.5. The minimum absolute atomic E-state index is 0. The highest BCUT2D eigenvalue weighted by molar-refractivity contribution is 5.43. The maximum atomic E-state index is 9.64. The second-order valence-corrected chi connectivity index (χ2v) is 4.41. The summed E-state index contributed by atoms with van der Waals surface area (Å²) >= 11 is 0. The van der Waals surface area contributed by atoms with Gasteiger partial charge in [0, 0.05) is 11.6 Å². The summed E-state index contributed by atoms with van der Waals surface area (Å²) in [6.07, 6.45) is 0. The summed E-state index contributed by atoms with van der Waals surface area (Å²) in [4.78, 5) is 0. The van der Waals surface area contributed by atoms with Crippen molar-refractivity contribution in [2.75, 3.05) is 14.2 Å². The van der Waals surface area contributed by atoms with E-state index in [1.807, 2.05) is 31.2 Å². The Balaban J connectivity index is 0.00000220. The Kier molecular flexibility index (Phi) is 5.91. The molecule has 0 fully saturated rings. The fourth-order valence-corrected chi connectivity index (χ4v) is 1.87. The lowest BCUT2D eigenvalue weighted by Gasteiger charge is -2.12. The lowest BCUT2D eigenvalue weighted by atomic mass is 10.2. The predicted octanol–water partition coefficient (Wildman–Crippen LogP) is 3.93. The molecular weight excluding hydrogens is 268 g/mol. The Morgan fingerprint density at radius 2 is 1.62 bits per heavy atom. The van der Waals surface area contributed by atoms with Crippen LogP contribution in [0.15, 0.2) is 36.4 Å². The largest absolute Gasteiger partial charge is 0.508 e. The van der Waals surface area contributed by atoms with Gasteiger partial charge in [0.2, 0.25) is 0 Å². The van der Waals surface area contributed by atoms with E-state index in [9.17, 15) is 5.11 Å². The molecule has 0 radical (unpaired) electrons. The number of phenolic OH excluding ortho intramolecular Hbond substituents is 1. The Morgan fingerprint density at radius 3 is 2.19 bits per heavy atom. The number of hydrogen-bond donors (Lipinski definition) is 1. The van der Waals surface area contributed by atoms with Crippen LogP contribution < -0.4 is 14.2 Å². The van der Waals surface area contributed by atoms with Gasteiger partial charge in [-0.05, 0) is 36.8 Å². The molecule has 0 heterocycles. The first kappa shape index (κ1) is 16.7. The van der Waals surface area contributed by atoms with Gasteiger partial charge in [-0.2, -0.15) is 0 Å². The summed E-state index contributed by atoms with van der Waals surface area (Å²) in [6, 6.07) is 10.8. The first-order valence-corrected chi connectivity index (χ1v) is 6.27. The first-order chi connectivity index (χ1) is 9.63. The molecule has 0 spiro atoms. The molecule has 2 aromatic rings. The molecular formula is C17H22O4. The molecule has 114 valence electrons. The highest BCUT2D eigenvalue weighted by Crippen LogP contribution is 2.28. The number of benzene rings is 2. The Bertz CT molecular complexity index is 571. The number of methoxy groups -OCH3 is 2. The van der Waals surface area contributed by atoms with Crippen LogP contribution in [0.25, 0.3) is 0 Å². The van der Waals surface area contributed by atoms with Crippen molar-refractivity contribution < 1.29 is 19.3 Å². The van der Waals surface area contributed by atoms with Crippen molar-refractivity contribution in [1.82, 2.24) is 0 Å². The average Bonchev–Trinajstić information content (AvgIpc) is 2.48. The van der Waals surface area contributed by atoms with E-state index in [0.717, 1.165) is 22.6 Å². The molecule has 2 rings (SSSR count). The van der Waals surface area contributed by atoms with Gasteiger partial charge in [0.25, 0.3) is 0 Å². The van der Waals surface area contributed by atoms with E-state index in [4.69, 9.17) is 14.2 Å². The molecule has 4 heteroatoms. The van der Waals surface area contributed by atoms with Gasteiger partial charge >= 0.3 is 0 Å². The van der Waals surface area contributed by atoms with E-state index in [1.165, 1.54) is 0 Å². The summed E-state index contributed by atoms with van der Waals surface area (Å²) < 4.78 is 16.2. The second kappa shape index (κ2) is 7.43. The van der Waals surface area contributed by atoms with Gasteiger partial charge in [-0.15, -0.1) is 0 Å². The Morgan fingerprint density at radius 1 is 1.00 bits per heavy atom. The van der Waals surface area contributed by atoms with Crippen molar-refractivity contribution in [3.8, 4) is 23.0 Å². The van der Waals surface area contributed by atoms with E-state index in [2.05, 4.69) is 0 Å². The lowest BCUT2D eigenvalue weighted by molar-refractivity contribution is 0.299. The highest BCUT2D eigenvalue weighted by atomic mass is 16.5. The van der Waals surface area contributed by atoms with Crippen LogP contribution in [0.5, 0.6) is 23.0 Å². The molecule has 1 N–H and O–H groups in total. The van der Waals surface area contributed by atoms with Crippen LogP contribution in [0.2, 0.25) is 0 Å². The molecule has 0 aliphatic heterocycles. The van der Waals surface area contributed by atoms with Crippen molar-refractivity contribution in [2.24, 2.45) is 0 Å². The molecule has 0 saturated heterocycles. The minimum Gasteiger partial charge on any atom is -0.508 e. The molecule has 0 bridgehead atoms. The Labute approximate surface area is 125 Å². The molecule has 0 aliphatic carbocycles. The summed E-state index contributed by atoms with van der Waals surface area (Å²) in [5.74, 6) is 2.32. The molecule has 0 aliphatic rings. The van der Waals surface area contributed by atoms with Gasteiger partial charge in [0.1, 0.15) is 29.6 Å². The number of phenols is 1. The minimum atomic E-state index is 0. The SMILES string of the molecule is C.COc1cc(COc2cccc(O)c2C)cc(OC)c1. The van der Waals surface area contributed by atoms with E-state index in [0.29, 0.717) is 12.4 Å². The van der Waals surface area contributed by atoms with Crippen LogP contribution in [-0.2, 0) is 6.61 Å². The van der Waals surface area contributed by atoms with Crippen LogP contribution in [0.4, 0.5) is 0 Å². The third-order valence-corrected chi connectivity index (χ3v) is 3.06. The van der Waals surface area contributed by atoms with Gasteiger partial charge in [-0.25, -0.2) is 0 Å². The maximum Gasteiger partial charge on any atom is 0.126 e. The fourth-order valence-electron chi connectivity index (χ4n) is 1.87. The van der Waals surface area contributed by atoms with Crippen molar-refractivity contribution in [3.63, 3.8) is 0 Å². The smallest absolute Gasteiger partial charge is 0.126 e. The average molecular weight is 290 g/mol. The molecule has 4 nitrogen and oxygen atoms in total. The first-order valence-electron chi connectivity index (χ1n) is 6.27. The highest BCUT2D eigenvalue weighted by Gasteiger charge is 2.06. The molecule has 0 aromatic heterocycles. The maximum absolute atomic E-state index is 9.64. The third kappa shape index (κ3) is 4.05. The standard InChI is InChI=1S/C16H18O4.CH4/c1-11-15(17)5-4-6-16(11)20-10-12-7-13(18-2)9-14(8-12)19-3;/h4-9,17H,10H2,1-3H3;1H4. The topological polar surface area (TPSA) is 47.9 Å². The van der Waals surface area contributed by atoms with Gasteiger partial charge in [0.05, 0.1) is 14.2 Å². The van der Waals surface area contributed by atoms with E-state index < -0.39 is 0 Å². The number of ether oxygens (including phenoxy) is 3.